The second-order valence-electron chi connectivity index (χ2n) is 11.5. The Bertz CT molecular complexity index is 2110. The van der Waals surface area contributed by atoms with Crippen LogP contribution in [-0.4, -0.2) is 5.78 Å². The maximum atomic E-state index is 15.9. The summed E-state index contributed by atoms with van der Waals surface area (Å²) in [6.45, 7) is 0. The lowest BCUT2D eigenvalue weighted by atomic mass is 9.67. The summed E-state index contributed by atoms with van der Waals surface area (Å²) in [5, 5.41) is 0. The lowest BCUT2D eigenvalue weighted by Crippen LogP contribution is -2.34. The Morgan fingerprint density at radius 1 is 0.289 bits per heavy atom. The number of hydrogen-bond donors (Lipinski definition) is 0. The Balaban J connectivity index is 1.64. The summed E-state index contributed by atoms with van der Waals surface area (Å²) in [7, 11) is 0. The van der Waals surface area contributed by atoms with Gasteiger partial charge in [-0.2, -0.15) is 0 Å². The predicted octanol–water partition coefficient (Wildman–Crippen LogP) is 10.2. The molecule has 6 aromatic rings. The summed E-state index contributed by atoms with van der Waals surface area (Å²) in [6.07, 6.45) is 0. The van der Waals surface area contributed by atoms with E-state index in [0.29, 0.717) is 0 Å². The number of hydrogen-bond acceptors (Lipinski definition) is 1. The Morgan fingerprint density at radius 2 is 0.600 bits per heavy atom. The average Bonchev–Trinajstić information content (AvgIpc) is 3.58. The molecule has 0 saturated heterocycles. The third kappa shape index (κ3) is 4.12. The Morgan fingerprint density at radius 3 is 1.02 bits per heavy atom. The van der Waals surface area contributed by atoms with Gasteiger partial charge in [0.15, 0.2) is 5.78 Å². The molecule has 0 amide bonds. The first-order chi connectivity index (χ1) is 22.3. The van der Waals surface area contributed by atoms with Crippen molar-refractivity contribution in [1.82, 2.24) is 0 Å². The largest absolute Gasteiger partial charge is 0.292 e. The van der Waals surface area contributed by atoms with Crippen LogP contribution in [0.4, 0.5) is 0 Å². The molecule has 2 aliphatic carbocycles. The van der Waals surface area contributed by atoms with Crippen LogP contribution in [-0.2, 0) is 10.2 Å². The summed E-state index contributed by atoms with van der Waals surface area (Å²) in [5.41, 5.74) is 11.1. The van der Waals surface area contributed by atoms with Crippen molar-refractivity contribution < 1.29 is 4.79 Å². The highest BCUT2D eigenvalue weighted by atomic mass is 16.1. The second kappa shape index (κ2) is 11.0. The third-order valence-corrected chi connectivity index (χ3v) is 9.09. The van der Waals surface area contributed by atoms with E-state index in [1.807, 2.05) is 36.4 Å². The van der Waals surface area contributed by atoms with Crippen LogP contribution in [0, 0.1) is 0 Å². The summed E-state index contributed by atoms with van der Waals surface area (Å²) in [6, 6.07) is 62.8. The standard InChI is InChI=1S/C44H30O/c45-43-40(34-25-13-4-14-26-34)39(33-23-11-3-12-24-33)42-38(32-21-9-2-10-22-32)37(31-19-7-1-8-20-31)41(35-27-15-5-16-28-35)44(42,43)36-29-17-6-18-30-36/h1-30H. The van der Waals surface area contributed by atoms with Crippen molar-refractivity contribution in [2.75, 3.05) is 0 Å². The van der Waals surface area contributed by atoms with Crippen molar-refractivity contribution in [3.05, 3.63) is 221 Å². The fourth-order valence-electron chi connectivity index (χ4n) is 7.35. The number of Topliss-reactive ketones (excluding diaryl/α,β-unsaturated/α-hetero) is 1. The SMILES string of the molecule is O=C1C(c2ccccc2)=C(c2ccccc2)C2=C(c3ccccc3)C(c3ccccc3)=C(c3ccccc3)C12c1ccccc1. The zero-order valence-electron chi connectivity index (χ0n) is 24.7. The van der Waals surface area contributed by atoms with Gasteiger partial charge in [0.1, 0.15) is 5.41 Å². The molecule has 0 saturated carbocycles. The first-order valence-electron chi connectivity index (χ1n) is 15.4. The highest BCUT2D eigenvalue weighted by Crippen LogP contribution is 2.67. The molecule has 0 heterocycles. The molecule has 0 N–H and O–H groups in total. The van der Waals surface area contributed by atoms with Crippen LogP contribution in [0.3, 0.4) is 0 Å². The molecule has 0 fully saturated rings. The van der Waals surface area contributed by atoms with Gasteiger partial charge >= 0.3 is 0 Å². The molecule has 0 bridgehead atoms. The molecule has 2 aliphatic rings. The van der Waals surface area contributed by atoms with Gasteiger partial charge in [-0.3, -0.25) is 4.79 Å². The van der Waals surface area contributed by atoms with E-state index in [0.717, 1.165) is 66.8 Å². The number of carbonyl (C=O) groups excluding carboxylic acids is 1. The molecule has 0 aromatic heterocycles. The van der Waals surface area contributed by atoms with E-state index >= 15 is 4.79 Å². The molecule has 0 aliphatic heterocycles. The van der Waals surface area contributed by atoms with Crippen LogP contribution in [0.5, 0.6) is 0 Å². The van der Waals surface area contributed by atoms with Gasteiger partial charge in [0.25, 0.3) is 0 Å². The monoisotopic (exact) mass is 574 g/mol. The van der Waals surface area contributed by atoms with E-state index in [2.05, 4.69) is 146 Å². The molecule has 212 valence electrons. The van der Waals surface area contributed by atoms with Crippen LogP contribution in [0.25, 0.3) is 27.9 Å². The second-order valence-corrected chi connectivity index (χ2v) is 11.5. The smallest absolute Gasteiger partial charge is 0.183 e. The van der Waals surface area contributed by atoms with Gasteiger partial charge in [0, 0.05) is 5.57 Å². The summed E-state index contributed by atoms with van der Waals surface area (Å²) in [5.74, 6) is 0.104. The van der Waals surface area contributed by atoms with E-state index in [1.54, 1.807) is 0 Å². The number of benzene rings is 6. The van der Waals surface area contributed by atoms with Gasteiger partial charge < -0.3 is 0 Å². The third-order valence-electron chi connectivity index (χ3n) is 9.09. The number of rotatable bonds is 6. The molecular formula is C44H30O. The Hall–Kier alpha value is -5.79. The van der Waals surface area contributed by atoms with Gasteiger partial charge in [-0.25, -0.2) is 0 Å². The van der Waals surface area contributed by atoms with Crippen molar-refractivity contribution in [2.45, 2.75) is 5.41 Å². The molecule has 1 unspecified atom stereocenters. The maximum Gasteiger partial charge on any atom is 0.183 e. The first kappa shape index (κ1) is 26.8. The van der Waals surface area contributed by atoms with Crippen molar-refractivity contribution in [3.63, 3.8) is 0 Å². The fraction of sp³-hybridized carbons (Fsp3) is 0.0227. The molecule has 8 rings (SSSR count). The van der Waals surface area contributed by atoms with E-state index in [1.165, 1.54) is 0 Å². The minimum Gasteiger partial charge on any atom is -0.292 e. The number of allylic oxidation sites excluding steroid dienone is 6. The topological polar surface area (TPSA) is 17.1 Å². The molecule has 1 atom stereocenters. The summed E-state index contributed by atoms with van der Waals surface area (Å²) >= 11 is 0. The van der Waals surface area contributed by atoms with Crippen LogP contribution < -0.4 is 0 Å². The average molecular weight is 575 g/mol. The van der Waals surface area contributed by atoms with Gasteiger partial charge in [-0.05, 0) is 61.2 Å². The minimum atomic E-state index is -1.07. The molecule has 0 radical (unpaired) electrons. The van der Waals surface area contributed by atoms with Crippen molar-refractivity contribution in [2.24, 2.45) is 0 Å². The maximum absolute atomic E-state index is 15.9. The lowest BCUT2D eigenvalue weighted by Gasteiger charge is -2.32. The van der Waals surface area contributed by atoms with Crippen LogP contribution in [0.15, 0.2) is 188 Å². The van der Waals surface area contributed by atoms with E-state index in [-0.39, 0.29) is 5.78 Å². The van der Waals surface area contributed by atoms with Crippen LogP contribution in [0.2, 0.25) is 0 Å². The van der Waals surface area contributed by atoms with Crippen molar-refractivity contribution in [3.8, 4) is 0 Å². The highest BCUT2D eigenvalue weighted by molar-refractivity contribution is 6.49. The van der Waals surface area contributed by atoms with Crippen molar-refractivity contribution in [1.29, 1.82) is 0 Å². The van der Waals surface area contributed by atoms with Gasteiger partial charge in [0.05, 0.1) is 0 Å². The number of ketones is 1. The number of carbonyl (C=O) groups is 1. The zero-order chi connectivity index (χ0) is 30.2. The minimum absolute atomic E-state index is 0.104. The molecular weight excluding hydrogens is 544 g/mol. The Labute approximate surface area is 264 Å². The van der Waals surface area contributed by atoms with E-state index in [9.17, 15) is 0 Å². The number of fused-ring (bicyclic) bond motifs is 1. The van der Waals surface area contributed by atoms with E-state index in [4.69, 9.17) is 0 Å². The zero-order valence-corrected chi connectivity index (χ0v) is 24.7. The first-order valence-corrected chi connectivity index (χ1v) is 15.4. The van der Waals surface area contributed by atoms with E-state index < -0.39 is 5.41 Å². The normalized spacial score (nSPS) is 17.6. The highest BCUT2D eigenvalue weighted by Gasteiger charge is 2.60. The van der Waals surface area contributed by atoms with Gasteiger partial charge in [-0.15, -0.1) is 0 Å². The van der Waals surface area contributed by atoms with Gasteiger partial charge in [-0.1, -0.05) is 182 Å². The summed E-state index contributed by atoms with van der Waals surface area (Å²) in [4.78, 5) is 15.9. The Kier molecular flexibility index (Phi) is 6.58. The fourth-order valence-corrected chi connectivity index (χ4v) is 7.35. The predicted molar refractivity (Wildman–Crippen MR) is 186 cm³/mol. The van der Waals surface area contributed by atoms with Crippen molar-refractivity contribution >= 4 is 33.6 Å². The summed E-state index contributed by atoms with van der Waals surface area (Å²) < 4.78 is 0. The molecule has 6 aromatic carbocycles. The quantitative estimate of drug-likeness (QED) is 0.193. The molecule has 1 nitrogen and oxygen atoms in total. The molecule has 0 spiro atoms. The lowest BCUT2D eigenvalue weighted by molar-refractivity contribution is -0.115. The molecule has 1 heteroatoms. The van der Waals surface area contributed by atoms with Gasteiger partial charge in [0.2, 0.25) is 0 Å². The van der Waals surface area contributed by atoms with Crippen LogP contribution >= 0.6 is 0 Å². The van der Waals surface area contributed by atoms with Crippen LogP contribution in [0.1, 0.15) is 33.4 Å². The molecule has 45 heavy (non-hydrogen) atoms.